The number of hydrogen-bond acceptors (Lipinski definition) is 0. The highest BCUT2D eigenvalue weighted by molar-refractivity contribution is 7.41. The molecule has 0 aliphatic carbocycles. The summed E-state index contributed by atoms with van der Waals surface area (Å²) in [7, 11) is 1.51. The number of unbranched alkanes of at least 4 members (excludes halogenated alkanes) is 4. The third kappa shape index (κ3) is 10.2. The Bertz CT molecular complexity index is 97.2. The Hall–Kier alpha value is 0.170. The average molecular weight is 185 g/mol. The molecule has 1 radical (unpaired) electrons. The van der Waals surface area contributed by atoms with Gasteiger partial charge in [0.2, 0.25) is 0 Å². The molecule has 0 aromatic rings. The molecule has 0 aromatic heterocycles. The first-order valence-electron chi connectivity index (χ1n) is 5.23. The van der Waals surface area contributed by atoms with E-state index < -0.39 is 0 Å². The van der Waals surface area contributed by atoms with E-state index in [-0.39, 0.29) is 0 Å². The summed E-state index contributed by atoms with van der Waals surface area (Å²) in [6.45, 7) is 4.45. The minimum Gasteiger partial charge on any atom is -0.0840 e. The van der Waals surface area contributed by atoms with E-state index in [0.717, 1.165) is 0 Å². The summed E-state index contributed by atoms with van der Waals surface area (Å²) < 4.78 is 0. The lowest BCUT2D eigenvalue weighted by molar-refractivity contribution is 0.659. The van der Waals surface area contributed by atoms with Gasteiger partial charge < -0.3 is 0 Å². The van der Waals surface area contributed by atoms with Crippen LogP contribution in [-0.2, 0) is 0 Å². The molecule has 0 aliphatic rings. The molecule has 0 bridgehead atoms. The van der Waals surface area contributed by atoms with E-state index in [9.17, 15) is 0 Å². The summed E-state index contributed by atoms with van der Waals surface area (Å²) in [6.07, 6.45) is 11.9. The monoisotopic (exact) mass is 185 g/mol. The highest BCUT2D eigenvalue weighted by Gasteiger charge is 1.87. The van der Waals surface area contributed by atoms with Crippen molar-refractivity contribution in [3.63, 3.8) is 0 Å². The lowest BCUT2D eigenvalue weighted by atomic mass is 10.2. The molecular weight excluding hydrogens is 163 g/mol. The Morgan fingerprint density at radius 3 is 2.42 bits per heavy atom. The second-order valence-corrected chi connectivity index (χ2v) is 4.22. The first-order valence-corrected chi connectivity index (χ1v) is 6.38. The molecule has 12 heavy (non-hydrogen) atoms. The highest BCUT2D eigenvalue weighted by Crippen LogP contribution is 2.15. The number of allylic oxidation sites excluding steroid dienone is 1. The third-order valence-electron chi connectivity index (χ3n) is 1.84. The molecule has 0 N–H and O–H groups in total. The molecule has 0 nitrogen and oxygen atoms in total. The van der Waals surface area contributed by atoms with Crippen LogP contribution in [0.2, 0.25) is 0 Å². The zero-order valence-electron chi connectivity index (χ0n) is 8.55. The normalized spacial score (nSPS) is 12.2. The van der Waals surface area contributed by atoms with Crippen molar-refractivity contribution < 1.29 is 0 Å². The highest BCUT2D eigenvalue weighted by atomic mass is 31.1. The lowest BCUT2D eigenvalue weighted by Crippen LogP contribution is -1.78. The molecule has 0 fully saturated rings. The molecule has 0 spiro atoms. The van der Waals surface area contributed by atoms with Gasteiger partial charge in [0.1, 0.15) is 0 Å². The topological polar surface area (TPSA) is 0 Å². The Morgan fingerprint density at radius 2 is 1.75 bits per heavy atom. The molecule has 1 heteroatoms. The second-order valence-electron chi connectivity index (χ2n) is 3.11. The van der Waals surface area contributed by atoms with Crippen LogP contribution in [0.1, 0.15) is 52.4 Å². The Labute approximate surface area is 79.6 Å². The van der Waals surface area contributed by atoms with Crippen molar-refractivity contribution in [3.05, 3.63) is 11.9 Å². The SMILES string of the molecule is CCC=C[P]CCCCCCC. The minimum atomic E-state index is 1.18. The van der Waals surface area contributed by atoms with Gasteiger partial charge in [0.15, 0.2) is 0 Å². The van der Waals surface area contributed by atoms with E-state index in [4.69, 9.17) is 0 Å². The fourth-order valence-corrected chi connectivity index (χ4v) is 1.98. The molecule has 0 rings (SSSR count). The van der Waals surface area contributed by atoms with Crippen LogP contribution < -0.4 is 0 Å². The summed E-state index contributed by atoms with van der Waals surface area (Å²) in [6, 6.07) is 0. The molecule has 0 aromatic carbocycles. The van der Waals surface area contributed by atoms with Crippen LogP contribution in [0, 0.1) is 0 Å². The molecule has 71 valence electrons. The standard InChI is InChI=1S/C11H22P/c1-3-5-7-8-9-11-12-10-6-4-2/h6,10H,3-5,7-9,11H2,1-2H3. The maximum absolute atomic E-state index is 2.29. The van der Waals surface area contributed by atoms with Crippen LogP contribution in [0.15, 0.2) is 11.9 Å². The maximum atomic E-state index is 2.29. The van der Waals surface area contributed by atoms with E-state index in [0.29, 0.717) is 0 Å². The smallest absolute Gasteiger partial charge is 0.0250 e. The number of rotatable bonds is 8. The summed E-state index contributed by atoms with van der Waals surface area (Å²) in [5, 5.41) is 0. The molecule has 0 aliphatic heterocycles. The zero-order chi connectivity index (χ0) is 9.07. The van der Waals surface area contributed by atoms with Crippen molar-refractivity contribution in [3.8, 4) is 0 Å². The van der Waals surface area contributed by atoms with Crippen LogP contribution in [0.3, 0.4) is 0 Å². The van der Waals surface area contributed by atoms with Crippen molar-refractivity contribution in [2.75, 3.05) is 6.16 Å². The molecule has 0 amide bonds. The fraction of sp³-hybridized carbons (Fsp3) is 0.818. The van der Waals surface area contributed by atoms with Crippen molar-refractivity contribution in [2.45, 2.75) is 52.4 Å². The van der Waals surface area contributed by atoms with Crippen LogP contribution in [0.5, 0.6) is 0 Å². The molecule has 0 saturated heterocycles. The van der Waals surface area contributed by atoms with Crippen LogP contribution >= 0.6 is 8.58 Å². The van der Waals surface area contributed by atoms with Crippen LogP contribution in [0.4, 0.5) is 0 Å². The van der Waals surface area contributed by atoms with Crippen LogP contribution in [-0.4, -0.2) is 6.16 Å². The molecule has 0 saturated carbocycles. The van der Waals surface area contributed by atoms with Gasteiger partial charge in [-0.05, 0) is 19.0 Å². The summed E-state index contributed by atoms with van der Waals surface area (Å²) in [5.74, 6) is 2.29. The molecule has 0 atom stereocenters. The van der Waals surface area contributed by atoms with Gasteiger partial charge in [0.25, 0.3) is 0 Å². The molecule has 0 heterocycles. The molecule has 0 unspecified atom stereocenters. The van der Waals surface area contributed by atoms with Crippen molar-refractivity contribution in [1.29, 1.82) is 0 Å². The van der Waals surface area contributed by atoms with E-state index in [1.165, 1.54) is 53.3 Å². The average Bonchev–Trinajstić information content (AvgIpc) is 2.10. The van der Waals surface area contributed by atoms with Gasteiger partial charge in [-0.3, -0.25) is 0 Å². The lowest BCUT2D eigenvalue weighted by Gasteiger charge is -1.96. The third-order valence-corrected chi connectivity index (χ3v) is 2.83. The second kappa shape index (κ2) is 11.2. The first kappa shape index (κ1) is 12.2. The van der Waals surface area contributed by atoms with E-state index in [1.54, 1.807) is 0 Å². The molecular formula is C11H22P. The van der Waals surface area contributed by atoms with Gasteiger partial charge in [-0.15, -0.1) is 0 Å². The predicted octanol–water partition coefficient (Wildman–Crippen LogP) is 4.83. The maximum Gasteiger partial charge on any atom is -0.0250 e. The summed E-state index contributed by atoms with van der Waals surface area (Å²) in [5.41, 5.74) is 0. The van der Waals surface area contributed by atoms with Crippen molar-refractivity contribution in [1.82, 2.24) is 0 Å². The van der Waals surface area contributed by atoms with E-state index >= 15 is 0 Å². The van der Waals surface area contributed by atoms with E-state index in [1.807, 2.05) is 0 Å². The quantitative estimate of drug-likeness (QED) is 0.375. The Kier molecular flexibility index (Phi) is 11.3. The fourth-order valence-electron chi connectivity index (χ4n) is 1.06. The van der Waals surface area contributed by atoms with Gasteiger partial charge in [-0.1, -0.05) is 60.0 Å². The number of hydrogen-bond donors (Lipinski definition) is 0. The largest absolute Gasteiger partial charge is 0.0840 e. The Morgan fingerprint density at radius 1 is 1.00 bits per heavy atom. The summed E-state index contributed by atoms with van der Waals surface area (Å²) >= 11 is 0. The Balaban J connectivity index is 2.86. The zero-order valence-corrected chi connectivity index (χ0v) is 9.45. The van der Waals surface area contributed by atoms with Crippen molar-refractivity contribution >= 4 is 8.58 Å². The van der Waals surface area contributed by atoms with Crippen LogP contribution in [0.25, 0.3) is 0 Å². The van der Waals surface area contributed by atoms with E-state index in [2.05, 4.69) is 25.7 Å². The van der Waals surface area contributed by atoms with Gasteiger partial charge in [0, 0.05) is 0 Å². The van der Waals surface area contributed by atoms with Gasteiger partial charge in [-0.2, -0.15) is 0 Å². The first-order chi connectivity index (χ1) is 5.91. The van der Waals surface area contributed by atoms with Gasteiger partial charge in [0.05, 0.1) is 0 Å². The van der Waals surface area contributed by atoms with Gasteiger partial charge in [-0.25, -0.2) is 0 Å². The predicted molar refractivity (Wildman–Crippen MR) is 60.0 cm³/mol. The summed E-state index contributed by atoms with van der Waals surface area (Å²) in [4.78, 5) is 0. The minimum absolute atomic E-state index is 1.18. The van der Waals surface area contributed by atoms with Crippen molar-refractivity contribution in [2.24, 2.45) is 0 Å². The van der Waals surface area contributed by atoms with Gasteiger partial charge >= 0.3 is 0 Å².